The van der Waals surface area contributed by atoms with E-state index in [0.717, 1.165) is 11.3 Å². The van der Waals surface area contributed by atoms with Gasteiger partial charge in [-0.15, -0.1) is 0 Å². The average Bonchev–Trinajstić information content (AvgIpc) is 2.77. The van der Waals surface area contributed by atoms with Gasteiger partial charge in [-0.25, -0.2) is 0 Å². The maximum Gasteiger partial charge on any atom is 0.243 e. The van der Waals surface area contributed by atoms with E-state index in [1.54, 1.807) is 30.2 Å². The molecule has 6 nitrogen and oxygen atoms in total. The van der Waals surface area contributed by atoms with Crippen molar-refractivity contribution in [1.82, 2.24) is 10.2 Å². The first kappa shape index (κ1) is 26.8. The smallest absolute Gasteiger partial charge is 0.243 e. The lowest BCUT2D eigenvalue weighted by atomic mass is 10.1. The van der Waals surface area contributed by atoms with E-state index in [-0.39, 0.29) is 30.8 Å². The molecule has 0 radical (unpaired) electrons. The molecule has 0 saturated carbocycles. The van der Waals surface area contributed by atoms with Gasteiger partial charge in [0.2, 0.25) is 11.8 Å². The quantitative estimate of drug-likeness (QED) is 0.396. The van der Waals surface area contributed by atoms with Crippen molar-refractivity contribution in [3.63, 3.8) is 0 Å². The highest BCUT2D eigenvalue weighted by molar-refractivity contribution is 6.35. The highest BCUT2D eigenvalue weighted by Gasteiger charge is 2.29. The Morgan fingerprint density at radius 1 is 1.06 bits per heavy atom. The Morgan fingerprint density at radius 2 is 1.73 bits per heavy atom. The monoisotopic (exact) mass is 494 g/mol. The van der Waals surface area contributed by atoms with Gasteiger partial charge < -0.3 is 19.7 Å². The second-order valence-corrected chi connectivity index (χ2v) is 8.82. The van der Waals surface area contributed by atoms with Gasteiger partial charge in [-0.3, -0.25) is 9.59 Å². The van der Waals surface area contributed by atoms with Crippen LogP contribution in [0.5, 0.6) is 11.5 Å². The molecule has 0 aliphatic heterocycles. The van der Waals surface area contributed by atoms with Gasteiger partial charge in [0.05, 0.1) is 13.7 Å². The first-order valence-electron chi connectivity index (χ1n) is 11.1. The van der Waals surface area contributed by atoms with Crippen LogP contribution in [-0.4, -0.2) is 42.5 Å². The minimum absolute atomic E-state index is 0.0273. The van der Waals surface area contributed by atoms with Crippen LogP contribution in [0, 0.1) is 0 Å². The van der Waals surface area contributed by atoms with Crippen LogP contribution in [-0.2, 0) is 16.1 Å². The number of halogens is 2. The summed E-state index contributed by atoms with van der Waals surface area (Å²) in [5.41, 5.74) is 0.736. The van der Waals surface area contributed by atoms with Gasteiger partial charge in [0.15, 0.2) is 0 Å². The zero-order valence-electron chi connectivity index (χ0n) is 19.6. The Morgan fingerprint density at radius 3 is 2.30 bits per heavy atom. The molecular weight excluding hydrogens is 463 g/mol. The predicted octanol–water partition coefficient (Wildman–Crippen LogP) is 5.49. The molecule has 0 unspecified atom stereocenters. The molecular formula is C25H32Cl2N2O4. The maximum absolute atomic E-state index is 13.2. The number of carbonyl (C=O) groups is 2. The van der Waals surface area contributed by atoms with E-state index >= 15 is 0 Å². The van der Waals surface area contributed by atoms with E-state index in [0.29, 0.717) is 35.2 Å². The molecule has 180 valence electrons. The molecule has 0 aromatic heterocycles. The fourth-order valence-electron chi connectivity index (χ4n) is 3.36. The number of hydrogen-bond donors (Lipinski definition) is 1. The normalized spacial score (nSPS) is 11.7. The number of amides is 2. The SMILES string of the molecule is CC[C@@H](C(=O)NC(C)C)N(Cc1ccc(Cl)cc1Cl)C(=O)CCCOc1ccc(OC)cc1. The average molecular weight is 495 g/mol. The third-order valence-electron chi connectivity index (χ3n) is 5.04. The van der Waals surface area contributed by atoms with Gasteiger partial charge in [0.25, 0.3) is 0 Å². The van der Waals surface area contributed by atoms with E-state index in [9.17, 15) is 9.59 Å². The zero-order chi connectivity index (χ0) is 24.4. The van der Waals surface area contributed by atoms with Crippen molar-refractivity contribution in [2.75, 3.05) is 13.7 Å². The van der Waals surface area contributed by atoms with Crippen molar-refractivity contribution in [3.8, 4) is 11.5 Å². The molecule has 8 heteroatoms. The number of benzene rings is 2. The fourth-order valence-corrected chi connectivity index (χ4v) is 3.83. The molecule has 0 aliphatic rings. The van der Waals surface area contributed by atoms with Crippen molar-refractivity contribution in [1.29, 1.82) is 0 Å². The summed E-state index contributed by atoms with van der Waals surface area (Å²) in [6.07, 6.45) is 1.24. The van der Waals surface area contributed by atoms with Crippen LogP contribution in [0.25, 0.3) is 0 Å². The molecule has 2 rings (SSSR count). The van der Waals surface area contributed by atoms with Crippen LogP contribution in [0.15, 0.2) is 42.5 Å². The zero-order valence-corrected chi connectivity index (χ0v) is 21.1. The molecule has 0 fully saturated rings. The van der Waals surface area contributed by atoms with E-state index in [1.165, 1.54) is 0 Å². The van der Waals surface area contributed by atoms with Crippen molar-refractivity contribution in [2.45, 2.75) is 58.7 Å². The summed E-state index contributed by atoms with van der Waals surface area (Å²) < 4.78 is 10.9. The minimum atomic E-state index is -0.603. The topological polar surface area (TPSA) is 67.9 Å². The third kappa shape index (κ3) is 8.45. The van der Waals surface area contributed by atoms with Crippen molar-refractivity contribution in [2.24, 2.45) is 0 Å². The summed E-state index contributed by atoms with van der Waals surface area (Å²) in [7, 11) is 1.61. The van der Waals surface area contributed by atoms with Crippen LogP contribution in [0.1, 0.15) is 45.6 Å². The molecule has 0 bridgehead atoms. The number of ether oxygens (including phenoxy) is 2. The van der Waals surface area contributed by atoms with Crippen molar-refractivity contribution < 1.29 is 19.1 Å². The summed E-state index contributed by atoms with van der Waals surface area (Å²) in [4.78, 5) is 27.6. The molecule has 1 N–H and O–H groups in total. The molecule has 0 saturated heterocycles. The summed E-state index contributed by atoms with van der Waals surface area (Å²) in [5, 5.41) is 3.89. The Balaban J connectivity index is 2.08. The molecule has 0 heterocycles. The van der Waals surface area contributed by atoms with E-state index in [1.807, 2.05) is 45.0 Å². The summed E-state index contributed by atoms with van der Waals surface area (Å²) in [5.74, 6) is 1.14. The first-order valence-corrected chi connectivity index (χ1v) is 11.8. The van der Waals surface area contributed by atoms with E-state index in [4.69, 9.17) is 32.7 Å². The molecule has 1 atom stereocenters. The van der Waals surface area contributed by atoms with Crippen LogP contribution in [0.3, 0.4) is 0 Å². The third-order valence-corrected chi connectivity index (χ3v) is 5.62. The van der Waals surface area contributed by atoms with Gasteiger partial charge >= 0.3 is 0 Å². The molecule has 2 aromatic rings. The van der Waals surface area contributed by atoms with Crippen LogP contribution < -0.4 is 14.8 Å². The van der Waals surface area contributed by atoms with Gasteiger partial charge in [-0.05, 0) is 68.7 Å². The summed E-state index contributed by atoms with van der Waals surface area (Å²) in [6, 6.07) is 11.8. The second kappa shape index (κ2) is 13.3. The fraction of sp³-hybridized carbons (Fsp3) is 0.440. The van der Waals surface area contributed by atoms with Crippen LogP contribution in [0.4, 0.5) is 0 Å². The van der Waals surface area contributed by atoms with Crippen LogP contribution in [0.2, 0.25) is 10.0 Å². The Labute approximate surface area is 206 Å². The number of hydrogen-bond acceptors (Lipinski definition) is 4. The molecule has 2 amide bonds. The highest BCUT2D eigenvalue weighted by atomic mass is 35.5. The van der Waals surface area contributed by atoms with Crippen molar-refractivity contribution in [3.05, 3.63) is 58.1 Å². The molecule has 0 aliphatic carbocycles. The number of nitrogens with zero attached hydrogens (tertiary/aromatic N) is 1. The van der Waals surface area contributed by atoms with Crippen molar-refractivity contribution >= 4 is 35.0 Å². The first-order chi connectivity index (χ1) is 15.7. The number of methoxy groups -OCH3 is 1. The molecule has 33 heavy (non-hydrogen) atoms. The largest absolute Gasteiger partial charge is 0.497 e. The summed E-state index contributed by atoms with van der Waals surface area (Å²) >= 11 is 12.4. The Kier molecular flexibility index (Phi) is 10.8. The van der Waals surface area contributed by atoms with E-state index < -0.39 is 6.04 Å². The number of rotatable bonds is 12. The minimum Gasteiger partial charge on any atom is -0.497 e. The second-order valence-electron chi connectivity index (χ2n) is 7.97. The summed E-state index contributed by atoms with van der Waals surface area (Å²) in [6.45, 7) is 6.27. The Hall–Kier alpha value is -2.44. The molecule has 0 spiro atoms. The highest BCUT2D eigenvalue weighted by Crippen LogP contribution is 2.24. The van der Waals surface area contributed by atoms with Gasteiger partial charge in [0.1, 0.15) is 17.5 Å². The predicted molar refractivity (Wildman–Crippen MR) is 132 cm³/mol. The number of nitrogens with one attached hydrogen (secondary N) is 1. The lowest BCUT2D eigenvalue weighted by Gasteiger charge is -2.31. The maximum atomic E-state index is 13.2. The number of carbonyl (C=O) groups excluding carboxylic acids is 2. The lowest BCUT2D eigenvalue weighted by molar-refractivity contribution is -0.141. The van der Waals surface area contributed by atoms with E-state index in [2.05, 4.69) is 5.32 Å². The molecule has 2 aromatic carbocycles. The lowest BCUT2D eigenvalue weighted by Crippen LogP contribution is -2.50. The Bertz CT molecular complexity index is 919. The standard InChI is InChI=1S/C25H32Cl2N2O4/c1-5-23(25(31)28-17(2)3)29(16-18-8-9-19(26)15-22(18)27)24(30)7-6-14-33-21-12-10-20(32-4)11-13-21/h8-13,15,17,23H,5-7,14,16H2,1-4H3,(H,28,31)/t23-/m0/s1. The van der Waals surface area contributed by atoms with Gasteiger partial charge in [0, 0.05) is 29.1 Å². The van der Waals surface area contributed by atoms with Gasteiger partial charge in [-0.1, -0.05) is 36.2 Å². The van der Waals surface area contributed by atoms with Crippen LogP contribution >= 0.6 is 23.2 Å². The van der Waals surface area contributed by atoms with Gasteiger partial charge in [-0.2, -0.15) is 0 Å².